The number of methoxy groups -OCH3 is 1. The van der Waals surface area contributed by atoms with Gasteiger partial charge in [0.15, 0.2) is 0 Å². The summed E-state index contributed by atoms with van der Waals surface area (Å²) in [6, 6.07) is 20.2. The molecule has 0 saturated carbocycles. The predicted molar refractivity (Wildman–Crippen MR) is 141 cm³/mol. The number of hydrogen-bond donors (Lipinski definition) is 1. The number of hydrogen-bond acceptors (Lipinski definition) is 4. The van der Waals surface area contributed by atoms with E-state index in [1.54, 1.807) is 0 Å². The number of aliphatic carboxylic acids is 1. The van der Waals surface area contributed by atoms with Gasteiger partial charge in [0.25, 0.3) is 8.32 Å². The van der Waals surface area contributed by atoms with Crippen molar-refractivity contribution in [2.75, 3.05) is 19.5 Å². The fraction of sp³-hybridized carbons (Fsp3) is 0.407. The number of carboxylic acids is 1. The third-order valence-corrected chi connectivity index (χ3v) is 12.2. The Morgan fingerprint density at radius 2 is 1.63 bits per heavy atom. The zero-order valence-electron chi connectivity index (χ0n) is 20.8. The Bertz CT molecular complexity index is 1020. The highest BCUT2D eigenvalue weighted by molar-refractivity contribution is 6.99. The van der Waals surface area contributed by atoms with E-state index in [9.17, 15) is 14.7 Å². The summed E-state index contributed by atoms with van der Waals surface area (Å²) in [6.07, 6.45) is -1.10. The van der Waals surface area contributed by atoms with Crippen molar-refractivity contribution in [1.82, 2.24) is 4.90 Å². The summed E-state index contributed by atoms with van der Waals surface area (Å²) in [4.78, 5) is 26.7. The second-order valence-electron chi connectivity index (χ2n) is 10.1. The first-order chi connectivity index (χ1) is 16.5. The smallest absolute Gasteiger partial charge is 0.410 e. The lowest BCUT2D eigenvalue weighted by atomic mass is 9.88. The lowest BCUT2D eigenvalue weighted by Crippen LogP contribution is -2.67. The van der Waals surface area contributed by atoms with Crippen molar-refractivity contribution in [2.45, 2.75) is 50.3 Å². The maximum absolute atomic E-state index is 12.8. The molecule has 35 heavy (non-hydrogen) atoms. The highest BCUT2D eigenvalue weighted by Crippen LogP contribution is 2.42. The number of carbonyl (C=O) groups is 2. The van der Waals surface area contributed by atoms with Crippen LogP contribution in [0, 0.1) is 0 Å². The van der Waals surface area contributed by atoms with Crippen LogP contribution in [0.5, 0.6) is 0 Å². The van der Waals surface area contributed by atoms with Crippen molar-refractivity contribution in [3.8, 4) is 0 Å². The average molecular weight is 516 g/mol. The lowest BCUT2D eigenvalue weighted by Gasteiger charge is -2.44. The molecule has 2 atom stereocenters. The van der Waals surface area contributed by atoms with E-state index in [0.717, 1.165) is 10.4 Å². The van der Waals surface area contributed by atoms with E-state index in [1.165, 1.54) is 12.0 Å². The van der Waals surface area contributed by atoms with Crippen LogP contribution < -0.4 is 10.4 Å². The first-order valence-corrected chi connectivity index (χ1v) is 14.1. The number of nitrogens with zero attached hydrogens (tertiary/aromatic N) is 1. The van der Waals surface area contributed by atoms with E-state index in [0.29, 0.717) is 5.57 Å². The molecule has 1 heterocycles. The van der Waals surface area contributed by atoms with E-state index >= 15 is 0 Å². The Hall–Kier alpha value is -2.61. The van der Waals surface area contributed by atoms with Gasteiger partial charge in [-0.1, -0.05) is 93.6 Å². The van der Waals surface area contributed by atoms with Gasteiger partial charge < -0.3 is 14.3 Å². The van der Waals surface area contributed by atoms with Gasteiger partial charge >= 0.3 is 12.1 Å². The summed E-state index contributed by atoms with van der Waals surface area (Å²) in [7, 11) is -1.70. The number of carboxylic acid groups (broad SMARTS) is 1. The average Bonchev–Trinajstić information content (AvgIpc) is 3.21. The van der Waals surface area contributed by atoms with Gasteiger partial charge in [-0.3, -0.25) is 4.90 Å². The molecule has 6 nitrogen and oxygen atoms in total. The highest BCUT2D eigenvalue weighted by atomic mass is 35.5. The summed E-state index contributed by atoms with van der Waals surface area (Å²) in [5, 5.41) is 12.2. The first kappa shape index (κ1) is 27.0. The molecule has 0 bridgehead atoms. The number of halogens is 1. The molecule has 2 aromatic carbocycles. The van der Waals surface area contributed by atoms with Crippen LogP contribution in [-0.2, 0) is 14.0 Å². The summed E-state index contributed by atoms with van der Waals surface area (Å²) in [5.74, 6) is -1.02. The molecule has 0 radical (unpaired) electrons. The van der Waals surface area contributed by atoms with Gasteiger partial charge in [0, 0.05) is 18.7 Å². The van der Waals surface area contributed by atoms with Crippen LogP contribution in [0.25, 0.3) is 0 Å². The highest BCUT2D eigenvalue weighted by Gasteiger charge is 2.58. The number of likely N-dealkylation sites (tertiary alicyclic amines) is 1. The summed E-state index contributed by atoms with van der Waals surface area (Å²) < 4.78 is 12.1. The van der Waals surface area contributed by atoms with E-state index in [4.69, 9.17) is 20.8 Å². The maximum atomic E-state index is 12.8. The van der Waals surface area contributed by atoms with Gasteiger partial charge in [-0.25, -0.2) is 9.59 Å². The fourth-order valence-electron chi connectivity index (χ4n) is 5.22. The maximum Gasteiger partial charge on any atom is 0.410 e. The van der Waals surface area contributed by atoms with Crippen LogP contribution in [0.4, 0.5) is 4.79 Å². The van der Waals surface area contributed by atoms with E-state index in [-0.39, 0.29) is 30.3 Å². The van der Waals surface area contributed by atoms with Crippen LogP contribution in [0.15, 0.2) is 72.8 Å². The topological polar surface area (TPSA) is 76.1 Å². The van der Waals surface area contributed by atoms with E-state index in [2.05, 4.69) is 51.6 Å². The van der Waals surface area contributed by atoms with Crippen LogP contribution in [0.2, 0.25) is 5.04 Å². The van der Waals surface area contributed by atoms with Crippen molar-refractivity contribution in [2.24, 2.45) is 0 Å². The van der Waals surface area contributed by atoms with Crippen molar-refractivity contribution in [3.05, 3.63) is 72.8 Å². The van der Waals surface area contributed by atoms with E-state index < -0.39 is 32.0 Å². The zero-order valence-corrected chi connectivity index (χ0v) is 22.5. The second-order valence-corrected chi connectivity index (χ2v) is 14.6. The van der Waals surface area contributed by atoms with Crippen LogP contribution in [-0.4, -0.2) is 61.6 Å². The Morgan fingerprint density at radius 1 is 1.11 bits per heavy atom. The number of rotatable bonds is 8. The van der Waals surface area contributed by atoms with Crippen molar-refractivity contribution in [3.63, 3.8) is 0 Å². The molecule has 1 saturated heterocycles. The Kier molecular flexibility index (Phi) is 8.14. The van der Waals surface area contributed by atoms with Gasteiger partial charge in [-0.05, 0) is 15.4 Å². The minimum atomic E-state index is -2.95. The van der Waals surface area contributed by atoms with Gasteiger partial charge in [0.2, 0.25) is 0 Å². The molecular formula is C27H34ClNO5Si. The van der Waals surface area contributed by atoms with Gasteiger partial charge in [-0.2, -0.15) is 0 Å². The molecule has 1 fully saturated rings. The van der Waals surface area contributed by atoms with Crippen molar-refractivity contribution >= 4 is 42.4 Å². The summed E-state index contributed by atoms with van der Waals surface area (Å²) >= 11 is 5.97. The van der Waals surface area contributed by atoms with Crippen LogP contribution >= 0.6 is 11.6 Å². The Morgan fingerprint density at radius 3 is 2.03 bits per heavy atom. The van der Waals surface area contributed by atoms with Crippen molar-refractivity contribution in [1.29, 1.82) is 0 Å². The number of benzene rings is 2. The fourth-order valence-corrected chi connectivity index (χ4v) is 9.98. The zero-order chi connectivity index (χ0) is 25.9. The molecule has 0 aromatic heterocycles. The standard InChI is InChI=1S/C27H34ClNO5Si/c1-20(18-28)16-27(24(30)31)17-21(19-29(27)25(32)33-5)34-35(26(2,3)4,22-12-8-6-9-13-22)23-14-10-7-11-15-23/h6-15,21H,1,16-19H2,2-5H3,(H,30,31)/t21-,27?/m0/s1. The minimum absolute atomic E-state index is 0.0293. The Labute approximate surface area is 213 Å². The molecule has 1 aliphatic heterocycles. The number of ether oxygens (including phenoxy) is 1. The number of amides is 1. The molecule has 1 amide bonds. The molecule has 188 valence electrons. The number of carbonyl (C=O) groups excluding carboxylic acids is 1. The van der Waals surface area contributed by atoms with Crippen LogP contribution in [0.1, 0.15) is 33.6 Å². The monoisotopic (exact) mass is 515 g/mol. The van der Waals surface area contributed by atoms with E-state index in [1.807, 2.05) is 36.4 Å². The number of alkyl halides is 1. The van der Waals surface area contributed by atoms with Crippen molar-refractivity contribution < 1.29 is 23.9 Å². The van der Waals surface area contributed by atoms with Gasteiger partial charge in [0.1, 0.15) is 5.54 Å². The summed E-state index contributed by atoms with van der Waals surface area (Å²) in [5.41, 5.74) is -1.01. The molecule has 1 aliphatic rings. The molecule has 0 spiro atoms. The normalized spacial score (nSPS) is 20.5. The SMILES string of the molecule is C=C(CCl)CC1(C(=O)O)C[C@H](O[Si](c2ccccc2)(c2ccccc2)C(C)(C)C)CN1C(=O)OC. The lowest BCUT2D eigenvalue weighted by molar-refractivity contribution is -0.148. The third-order valence-electron chi connectivity index (χ3n) is 6.75. The van der Waals surface area contributed by atoms with Gasteiger partial charge in [0.05, 0.1) is 19.8 Å². The predicted octanol–water partition coefficient (Wildman–Crippen LogP) is 4.41. The summed E-state index contributed by atoms with van der Waals surface area (Å²) in [6.45, 7) is 10.5. The molecule has 8 heteroatoms. The largest absolute Gasteiger partial charge is 0.479 e. The first-order valence-electron chi connectivity index (χ1n) is 11.6. The second kappa shape index (κ2) is 10.6. The molecular weight excluding hydrogens is 482 g/mol. The van der Waals surface area contributed by atoms with Gasteiger partial charge in [-0.15, -0.1) is 11.6 Å². The molecule has 1 unspecified atom stereocenters. The minimum Gasteiger partial charge on any atom is -0.479 e. The quantitative estimate of drug-likeness (QED) is 0.320. The third kappa shape index (κ3) is 5.03. The molecule has 2 aromatic rings. The van der Waals surface area contributed by atoms with Crippen LogP contribution in [0.3, 0.4) is 0 Å². The molecule has 0 aliphatic carbocycles. The Balaban J connectivity index is 2.15. The molecule has 1 N–H and O–H groups in total. The molecule has 3 rings (SSSR count).